The fraction of sp³-hybridized carbons (Fsp3) is 0.231. The molecule has 1 atom stereocenters. The first kappa shape index (κ1) is 14.6. The van der Waals surface area contributed by atoms with Gasteiger partial charge in [-0.2, -0.15) is 21.6 Å². The van der Waals surface area contributed by atoms with Gasteiger partial charge in [-0.25, -0.2) is 0 Å². The maximum Gasteiger partial charge on any atom is 0.415 e. The minimum absolute atomic E-state index is 0.154. The van der Waals surface area contributed by atoms with Crippen molar-refractivity contribution < 1.29 is 25.8 Å². The molecule has 0 saturated carbocycles. The van der Waals surface area contributed by atoms with Gasteiger partial charge in [0.2, 0.25) is 4.75 Å². The van der Waals surface area contributed by atoms with Gasteiger partial charge in [0.15, 0.2) is 0 Å². The van der Waals surface area contributed by atoms with Gasteiger partial charge < -0.3 is 4.18 Å². The highest BCUT2D eigenvalue weighted by Crippen LogP contribution is 2.43. The van der Waals surface area contributed by atoms with Crippen LogP contribution in [0.15, 0.2) is 54.6 Å². The van der Waals surface area contributed by atoms with E-state index < -0.39 is 27.5 Å². The van der Waals surface area contributed by atoms with Gasteiger partial charge in [-0.05, 0) is 12.1 Å². The van der Waals surface area contributed by atoms with E-state index in [1.807, 2.05) is 0 Å². The first-order chi connectivity index (χ1) is 9.29. The summed E-state index contributed by atoms with van der Waals surface area (Å²) in [7, 11) is -4.92. The van der Waals surface area contributed by atoms with Crippen molar-refractivity contribution in [3.63, 3.8) is 0 Å². The molecule has 2 rings (SSSR count). The molecule has 0 bridgehead atoms. The van der Waals surface area contributed by atoms with Crippen molar-refractivity contribution in [1.82, 2.24) is 0 Å². The summed E-state index contributed by atoms with van der Waals surface area (Å²) in [5.41, 5.74) is 0. The van der Waals surface area contributed by atoms with E-state index >= 15 is 0 Å². The molecule has 0 N–H and O–H groups in total. The number of rotatable bonds is 3. The average Bonchev–Trinajstić information content (AvgIpc) is 2.39. The summed E-state index contributed by atoms with van der Waals surface area (Å²) in [6, 6.07) is 7.11. The van der Waals surface area contributed by atoms with E-state index in [4.69, 9.17) is 0 Å². The van der Waals surface area contributed by atoms with Gasteiger partial charge in [-0.15, -0.1) is 0 Å². The predicted octanol–water partition coefficient (Wildman–Crippen LogP) is 3.21. The lowest BCUT2D eigenvalue weighted by Gasteiger charge is -2.31. The van der Waals surface area contributed by atoms with E-state index in [-0.39, 0.29) is 5.75 Å². The molecule has 0 aliphatic heterocycles. The Kier molecular flexibility index (Phi) is 3.64. The van der Waals surface area contributed by atoms with Crippen LogP contribution in [-0.4, -0.2) is 19.3 Å². The van der Waals surface area contributed by atoms with Crippen LogP contribution in [0.2, 0.25) is 0 Å². The number of allylic oxidation sites excluding steroid dienone is 3. The van der Waals surface area contributed by atoms with Crippen LogP contribution in [0, 0.1) is 0 Å². The fourth-order valence-corrected chi connectivity index (χ4v) is 3.16. The summed E-state index contributed by atoms with van der Waals surface area (Å²) in [5.74, 6) is -0.154. The van der Waals surface area contributed by atoms with Crippen molar-refractivity contribution in [2.45, 2.75) is 17.3 Å². The molecule has 3 nitrogen and oxygen atoms in total. The molecule has 1 aromatic carbocycles. The Morgan fingerprint density at radius 3 is 2.25 bits per heavy atom. The Morgan fingerprint density at radius 1 is 1.10 bits per heavy atom. The molecule has 20 heavy (non-hydrogen) atoms. The summed E-state index contributed by atoms with van der Waals surface area (Å²) in [5, 5.41) is 0. The lowest BCUT2D eigenvalue weighted by Crippen LogP contribution is -2.52. The van der Waals surface area contributed by atoms with Crippen LogP contribution in [0.5, 0.6) is 5.75 Å². The predicted molar refractivity (Wildman–Crippen MR) is 67.7 cm³/mol. The molecule has 1 aliphatic carbocycles. The Morgan fingerprint density at radius 2 is 1.75 bits per heavy atom. The molecule has 1 unspecified atom stereocenters. The minimum Gasteiger partial charge on any atom is -0.382 e. The second-order valence-electron chi connectivity index (χ2n) is 4.23. The standard InChI is InChI=1S/C13H11F3O3S/c14-13(15,16)12(9-5-2-6-10-12)20(17,18)19-11-7-3-1-4-8-11/h1-9H,10H2. The number of benzene rings is 1. The molecule has 0 spiro atoms. The van der Waals surface area contributed by atoms with Crippen LogP contribution < -0.4 is 4.18 Å². The maximum atomic E-state index is 13.3. The van der Waals surface area contributed by atoms with Crippen LogP contribution in [0.25, 0.3) is 0 Å². The Labute approximate surface area is 114 Å². The van der Waals surface area contributed by atoms with E-state index in [9.17, 15) is 21.6 Å². The normalized spacial score (nSPS) is 22.8. The molecule has 108 valence electrons. The van der Waals surface area contributed by atoms with Gasteiger partial charge in [-0.3, -0.25) is 0 Å². The SMILES string of the molecule is O=S(=O)(Oc1ccccc1)C1(C(F)(F)F)C=CC=CC1. The molecule has 1 aromatic rings. The second kappa shape index (κ2) is 4.97. The topological polar surface area (TPSA) is 43.4 Å². The number of hydrogen-bond acceptors (Lipinski definition) is 3. The molecule has 7 heteroatoms. The smallest absolute Gasteiger partial charge is 0.382 e. The maximum absolute atomic E-state index is 13.3. The Hall–Kier alpha value is -1.76. The number of halogens is 3. The molecule has 0 fully saturated rings. The van der Waals surface area contributed by atoms with Crippen molar-refractivity contribution in [2.75, 3.05) is 0 Å². The molecule has 0 radical (unpaired) electrons. The van der Waals surface area contributed by atoms with Crippen LogP contribution in [-0.2, 0) is 10.1 Å². The summed E-state index contributed by atoms with van der Waals surface area (Å²) in [4.78, 5) is 0. The van der Waals surface area contributed by atoms with Crippen molar-refractivity contribution in [1.29, 1.82) is 0 Å². The zero-order chi connectivity index (χ0) is 14.9. The molecule has 0 heterocycles. The lowest BCUT2D eigenvalue weighted by atomic mass is 9.99. The summed E-state index contributed by atoms with van der Waals surface area (Å²) >= 11 is 0. The van der Waals surface area contributed by atoms with E-state index in [0.717, 1.165) is 12.2 Å². The average molecular weight is 304 g/mol. The van der Waals surface area contributed by atoms with Gasteiger partial charge in [-0.1, -0.05) is 42.5 Å². The second-order valence-corrected chi connectivity index (χ2v) is 6.03. The highest BCUT2D eigenvalue weighted by Gasteiger charge is 2.63. The van der Waals surface area contributed by atoms with Crippen molar-refractivity contribution in [3.05, 3.63) is 54.6 Å². The van der Waals surface area contributed by atoms with E-state index in [0.29, 0.717) is 6.08 Å². The third-order valence-corrected chi connectivity index (χ3v) is 4.75. The Balaban J connectivity index is 2.44. The van der Waals surface area contributed by atoms with E-state index in [1.54, 1.807) is 6.07 Å². The largest absolute Gasteiger partial charge is 0.415 e. The zero-order valence-electron chi connectivity index (χ0n) is 10.2. The third kappa shape index (κ3) is 2.45. The molecular formula is C13H11F3O3S. The van der Waals surface area contributed by atoms with Gasteiger partial charge >= 0.3 is 16.3 Å². The first-order valence-electron chi connectivity index (χ1n) is 5.69. The number of para-hydroxylation sites is 1. The van der Waals surface area contributed by atoms with Crippen molar-refractivity contribution in [3.8, 4) is 5.75 Å². The Bertz CT molecular complexity index is 633. The van der Waals surface area contributed by atoms with Gasteiger partial charge in [0, 0.05) is 6.42 Å². The van der Waals surface area contributed by atoms with Crippen LogP contribution in [0.1, 0.15) is 6.42 Å². The number of alkyl halides is 3. The fourth-order valence-electron chi connectivity index (χ4n) is 1.82. The summed E-state index contributed by atoms with van der Waals surface area (Å²) < 4.78 is 65.5. The van der Waals surface area contributed by atoms with E-state index in [1.165, 1.54) is 30.3 Å². The van der Waals surface area contributed by atoms with Gasteiger partial charge in [0.1, 0.15) is 5.75 Å². The molecule has 0 amide bonds. The highest BCUT2D eigenvalue weighted by molar-refractivity contribution is 7.88. The quantitative estimate of drug-likeness (QED) is 0.805. The highest BCUT2D eigenvalue weighted by atomic mass is 32.2. The molecule has 0 aromatic heterocycles. The van der Waals surface area contributed by atoms with Gasteiger partial charge in [0.25, 0.3) is 0 Å². The van der Waals surface area contributed by atoms with Crippen LogP contribution in [0.3, 0.4) is 0 Å². The number of hydrogen-bond donors (Lipinski definition) is 0. The van der Waals surface area contributed by atoms with Crippen LogP contribution in [0.4, 0.5) is 13.2 Å². The van der Waals surface area contributed by atoms with E-state index in [2.05, 4.69) is 4.18 Å². The summed E-state index contributed by atoms with van der Waals surface area (Å²) in [6.07, 6.45) is -1.49. The lowest BCUT2D eigenvalue weighted by molar-refractivity contribution is -0.150. The van der Waals surface area contributed by atoms with Crippen molar-refractivity contribution in [2.24, 2.45) is 0 Å². The first-order valence-corrected chi connectivity index (χ1v) is 7.09. The van der Waals surface area contributed by atoms with Gasteiger partial charge in [0.05, 0.1) is 0 Å². The van der Waals surface area contributed by atoms with Crippen LogP contribution >= 0.6 is 0 Å². The van der Waals surface area contributed by atoms with Crippen molar-refractivity contribution >= 4 is 10.1 Å². The third-order valence-electron chi connectivity index (χ3n) is 2.91. The molecular weight excluding hydrogens is 293 g/mol. The molecule has 1 aliphatic rings. The monoisotopic (exact) mass is 304 g/mol. The molecule has 0 saturated heterocycles. The zero-order valence-corrected chi connectivity index (χ0v) is 11.0. The summed E-state index contributed by atoms with van der Waals surface area (Å²) in [6.45, 7) is 0. The minimum atomic E-state index is -4.97.